The van der Waals surface area contributed by atoms with E-state index in [1.54, 1.807) is 42.6 Å². The van der Waals surface area contributed by atoms with Gasteiger partial charge in [-0.2, -0.15) is 0 Å². The van der Waals surface area contributed by atoms with E-state index in [0.717, 1.165) is 5.56 Å². The minimum atomic E-state index is -0.638. The molecule has 3 aromatic rings. The lowest BCUT2D eigenvalue weighted by Crippen LogP contribution is -2.11. The van der Waals surface area contributed by atoms with Gasteiger partial charge in [0.25, 0.3) is 0 Å². The van der Waals surface area contributed by atoms with Gasteiger partial charge >= 0.3 is 5.97 Å². The van der Waals surface area contributed by atoms with Gasteiger partial charge in [0.2, 0.25) is 0 Å². The molecule has 0 saturated carbocycles. The first-order valence-electron chi connectivity index (χ1n) is 7.97. The van der Waals surface area contributed by atoms with Crippen LogP contribution in [-0.4, -0.2) is 16.1 Å². The Balaban J connectivity index is 1.97. The van der Waals surface area contributed by atoms with Crippen molar-refractivity contribution in [1.29, 1.82) is 0 Å². The van der Waals surface area contributed by atoms with Gasteiger partial charge in [-0.3, -0.25) is 4.98 Å². The Labute approximate surface area is 159 Å². The van der Waals surface area contributed by atoms with E-state index in [9.17, 15) is 9.90 Å². The summed E-state index contributed by atoms with van der Waals surface area (Å²) in [5, 5.41) is 10.8. The third kappa shape index (κ3) is 4.18. The molecule has 0 aliphatic rings. The fraction of sp³-hybridized carbons (Fsp3) is 0.0476. The van der Waals surface area contributed by atoms with E-state index >= 15 is 0 Å². The van der Waals surface area contributed by atoms with Crippen molar-refractivity contribution in [2.45, 2.75) is 6.61 Å². The number of aromatic nitrogens is 1. The molecule has 1 heterocycles. The lowest BCUT2D eigenvalue weighted by Gasteiger charge is -2.12. The van der Waals surface area contributed by atoms with Gasteiger partial charge in [0.15, 0.2) is 0 Å². The standard InChI is InChI=1S/C21H16BrNO3/c22-17-11-5-4-10-16(17)20(24)19(18-12-6-7-13-23-18)21(25)26-14-15-8-2-1-3-9-15/h1-13,24H,14H2/b20-19-. The first-order chi connectivity index (χ1) is 12.7. The third-order valence-electron chi connectivity index (χ3n) is 3.70. The number of esters is 1. The van der Waals surface area contributed by atoms with Crippen molar-refractivity contribution in [2.24, 2.45) is 0 Å². The monoisotopic (exact) mass is 409 g/mol. The zero-order valence-corrected chi connectivity index (χ0v) is 15.4. The molecule has 1 aromatic heterocycles. The summed E-state index contributed by atoms with van der Waals surface area (Å²) in [4.78, 5) is 16.9. The molecular weight excluding hydrogens is 394 g/mol. The second kappa shape index (κ2) is 8.45. The number of aliphatic hydroxyl groups excluding tert-OH is 1. The number of hydrogen-bond donors (Lipinski definition) is 1. The number of rotatable bonds is 5. The molecule has 0 aliphatic carbocycles. The molecule has 1 N–H and O–H groups in total. The van der Waals surface area contributed by atoms with E-state index in [4.69, 9.17) is 4.74 Å². The highest BCUT2D eigenvalue weighted by atomic mass is 79.9. The molecule has 130 valence electrons. The van der Waals surface area contributed by atoms with Crippen LogP contribution in [0.1, 0.15) is 16.8 Å². The summed E-state index contributed by atoms with van der Waals surface area (Å²) in [5.41, 5.74) is 1.72. The minimum Gasteiger partial charge on any atom is -0.506 e. The van der Waals surface area contributed by atoms with Crippen molar-refractivity contribution in [3.05, 3.63) is 100 Å². The number of pyridine rings is 1. The molecule has 2 aromatic carbocycles. The number of carbonyl (C=O) groups is 1. The molecular formula is C21H16BrNO3. The predicted octanol–water partition coefficient (Wildman–Crippen LogP) is 5.01. The van der Waals surface area contributed by atoms with Gasteiger partial charge < -0.3 is 9.84 Å². The van der Waals surface area contributed by atoms with Crippen LogP contribution in [0.5, 0.6) is 0 Å². The zero-order valence-electron chi connectivity index (χ0n) is 13.8. The van der Waals surface area contributed by atoms with E-state index in [-0.39, 0.29) is 17.9 Å². The number of halogens is 1. The second-order valence-electron chi connectivity index (χ2n) is 5.48. The maximum absolute atomic E-state index is 12.7. The van der Waals surface area contributed by atoms with Crippen LogP contribution in [0.2, 0.25) is 0 Å². The average Bonchev–Trinajstić information content (AvgIpc) is 2.68. The summed E-state index contributed by atoms with van der Waals surface area (Å²) in [5.74, 6) is -0.824. The second-order valence-corrected chi connectivity index (χ2v) is 6.33. The van der Waals surface area contributed by atoms with E-state index in [1.807, 2.05) is 36.4 Å². The van der Waals surface area contributed by atoms with Gasteiger partial charge in [-0.25, -0.2) is 4.79 Å². The Kier molecular flexibility index (Phi) is 5.81. The lowest BCUT2D eigenvalue weighted by molar-refractivity contribution is -0.137. The highest BCUT2D eigenvalue weighted by molar-refractivity contribution is 9.10. The van der Waals surface area contributed by atoms with Crippen molar-refractivity contribution < 1.29 is 14.6 Å². The van der Waals surface area contributed by atoms with Gasteiger partial charge in [0.1, 0.15) is 17.9 Å². The summed E-state index contributed by atoms with van der Waals surface area (Å²) in [6.07, 6.45) is 1.56. The number of ether oxygens (including phenoxy) is 1. The molecule has 0 radical (unpaired) electrons. The summed E-state index contributed by atoms with van der Waals surface area (Å²) >= 11 is 3.40. The van der Waals surface area contributed by atoms with Crippen LogP contribution in [-0.2, 0) is 16.1 Å². The van der Waals surface area contributed by atoms with Crippen LogP contribution in [0, 0.1) is 0 Å². The molecule has 0 amide bonds. The van der Waals surface area contributed by atoms with Gasteiger partial charge in [-0.05, 0) is 23.8 Å². The van der Waals surface area contributed by atoms with Crippen molar-refractivity contribution in [3.8, 4) is 0 Å². The van der Waals surface area contributed by atoms with Gasteiger partial charge in [0.05, 0.1) is 5.69 Å². The first-order valence-corrected chi connectivity index (χ1v) is 8.76. The lowest BCUT2D eigenvalue weighted by atomic mass is 10.1. The zero-order chi connectivity index (χ0) is 18.4. The summed E-state index contributed by atoms with van der Waals surface area (Å²) in [6, 6.07) is 21.6. The highest BCUT2D eigenvalue weighted by Crippen LogP contribution is 2.29. The SMILES string of the molecule is O=C(OCc1ccccc1)/C(=C(\O)c1ccccc1Br)c1ccccn1. The van der Waals surface area contributed by atoms with E-state index in [1.165, 1.54) is 0 Å². The van der Waals surface area contributed by atoms with Crippen LogP contribution in [0.15, 0.2) is 83.5 Å². The van der Waals surface area contributed by atoms with Crippen LogP contribution >= 0.6 is 15.9 Å². The highest BCUT2D eigenvalue weighted by Gasteiger charge is 2.22. The number of hydrogen-bond acceptors (Lipinski definition) is 4. The Morgan fingerprint density at radius 1 is 0.962 bits per heavy atom. The van der Waals surface area contributed by atoms with Gasteiger partial charge in [0, 0.05) is 16.2 Å². The largest absolute Gasteiger partial charge is 0.506 e. The number of aliphatic hydroxyl groups is 1. The summed E-state index contributed by atoms with van der Waals surface area (Å²) in [6.45, 7) is 0.110. The number of carbonyl (C=O) groups excluding carboxylic acids is 1. The third-order valence-corrected chi connectivity index (χ3v) is 4.40. The topological polar surface area (TPSA) is 59.4 Å². The molecule has 0 aliphatic heterocycles. The minimum absolute atomic E-state index is 0.0217. The Morgan fingerprint density at radius 2 is 1.65 bits per heavy atom. The van der Waals surface area contributed by atoms with Crippen LogP contribution in [0.25, 0.3) is 11.3 Å². The number of nitrogens with zero attached hydrogens (tertiary/aromatic N) is 1. The molecule has 0 spiro atoms. The maximum atomic E-state index is 12.7. The fourth-order valence-electron chi connectivity index (χ4n) is 2.42. The van der Waals surface area contributed by atoms with Crippen molar-refractivity contribution in [3.63, 3.8) is 0 Å². The normalized spacial score (nSPS) is 11.6. The smallest absolute Gasteiger partial charge is 0.344 e. The van der Waals surface area contributed by atoms with Gasteiger partial charge in [-0.1, -0.05) is 70.5 Å². The molecule has 0 fully saturated rings. The summed E-state index contributed by atoms with van der Waals surface area (Å²) in [7, 11) is 0. The molecule has 5 heteroatoms. The molecule has 4 nitrogen and oxygen atoms in total. The van der Waals surface area contributed by atoms with Crippen molar-refractivity contribution >= 4 is 33.2 Å². The van der Waals surface area contributed by atoms with Crippen LogP contribution < -0.4 is 0 Å². The van der Waals surface area contributed by atoms with Crippen molar-refractivity contribution in [2.75, 3.05) is 0 Å². The van der Waals surface area contributed by atoms with E-state index < -0.39 is 5.97 Å². The Bertz CT molecular complexity index is 924. The predicted molar refractivity (Wildman–Crippen MR) is 104 cm³/mol. The molecule has 0 unspecified atom stereocenters. The van der Waals surface area contributed by atoms with E-state index in [0.29, 0.717) is 15.7 Å². The molecule has 0 atom stereocenters. The molecule has 0 saturated heterocycles. The molecule has 3 rings (SSSR count). The quantitative estimate of drug-likeness (QED) is 0.365. The van der Waals surface area contributed by atoms with Crippen LogP contribution in [0.4, 0.5) is 0 Å². The summed E-state index contributed by atoms with van der Waals surface area (Å²) < 4.78 is 6.08. The number of benzene rings is 2. The van der Waals surface area contributed by atoms with Crippen molar-refractivity contribution in [1.82, 2.24) is 4.98 Å². The fourth-order valence-corrected chi connectivity index (χ4v) is 2.89. The maximum Gasteiger partial charge on any atom is 0.344 e. The van der Waals surface area contributed by atoms with Crippen LogP contribution in [0.3, 0.4) is 0 Å². The van der Waals surface area contributed by atoms with Gasteiger partial charge in [-0.15, -0.1) is 0 Å². The molecule has 0 bridgehead atoms. The van der Waals surface area contributed by atoms with E-state index in [2.05, 4.69) is 20.9 Å². The molecule has 26 heavy (non-hydrogen) atoms. The first kappa shape index (κ1) is 17.9. The average molecular weight is 410 g/mol. The Hall–Kier alpha value is -2.92. The Morgan fingerprint density at radius 3 is 2.35 bits per heavy atom.